The van der Waals surface area contributed by atoms with Gasteiger partial charge in [-0.15, -0.1) is 0 Å². The summed E-state index contributed by atoms with van der Waals surface area (Å²) in [6.07, 6.45) is 1.21. The van der Waals surface area contributed by atoms with E-state index < -0.39 is 8.07 Å². The summed E-state index contributed by atoms with van der Waals surface area (Å²) in [6.45, 7) is 11.3. The molecule has 1 aromatic rings. The molecule has 0 bridgehead atoms. The summed E-state index contributed by atoms with van der Waals surface area (Å²) in [6, 6.07) is 10.9. The maximum atomic E-state index is 5.94. The summed E-state index contributed by atoms with van der Waals surface area (Å²) in [4.78, 5) is 2.51. The summed E-state index contributed by atoms with van der Waals surface area (Å²) < 4.78 is 0. The molecule has 0 aromatic heterocycles. The monoisotopic (exact) mass is 250 g/mol. The summed E-state index contributed by atoms with van der Waals surface area (Å²) in [5.41, 5.74) is 7.32. The van der Waals surface area contributed by atoms with Crippen LogP contribution in [-0.2, 0) is 6.54 Å². The van der Waals surface area contributed by atoms with E-state index in [1.807, 2.05) is 0 Å². The van der Waals surface area contributed by atoms with Gasteiger partial charge in [0.15, 0.2) is 0 Å². The van der Waals surface area contributed by atoms with Crippen LogP contribution in [0, 0.1) is 0 Å². The Hall–Kier alpha value is -0.643. The molecule has 0 saturated carbocycles. The minimum atomic E-state index is -1.07. The first-order chi connectivity index (χ1) is 7.87. The molecule has 0 aliphatic rings. The molecule has 0 aliphatic heterocycles. The largest absolute Gasteiger partial charge is 0.327 e. The van der Waals surface area contributed by atoms with E-state index >= 15 is 0 Å². The predicted molar refractivity (Wildman–Crippen MR) is 78.7 cm³/mol. The van der Waals surface area contributed by atoms with Gasteiger partial charge >= 0.3 is 0 Å². The quantitative estimate of drug-likeness (QED) is 0.787. The highest BCUT2D eigenvalue weighted by Gasteiger charge is 2.19. The number of hydrogen-bond donors (Lipinski definition) is 1. The fraction of sp³-hybridized carbons (Fsp3) is 0.571. The van der Waals surface area contributed by atoms with Crippen molar-refractivity contribution in [3.63, 3.8) is 0 Å². The molecule has 1 rings (SSSR count). The van der Waals surface area contributed by atoms with Gasteiger partial charge in [0.25, 0.3) is 0 Å². The average molecular weight is 250 g/mol. The van der Waals surface area contributed by atoms with Crippen molar-refractivity contribution in [1.82, 2.24) is 4.90 Å². The van der Waals surface area contributed by atoms with Crippen LogP contribution in [-0.4, -0.2) is 31.7 Å². The average Bonchev–Trinajstić information content (AvgIpc) is 2.15. The SMILES string of the molecule is C[C@@H](N)CN(Cc1ccccc1)C[Si](C)(C)C. The van der Waals surface area contributed by atoms with Gasteiger partial charge in [-0.25, -0.2) is 0 Å². The van der Waals surface area contributed by atoms with Crippen molar-refractivity contribution >= 4 is 8.07 Å². The zero-order chi connectivity index (χ0) is 12.9. The standard InChI is InChI=1S/C14H26N2Si/c1-13(15)10-16(12-17(2,3)4)11-14-8-6-5-7-9-14/h5-9,13H,10-12,15H2,1-4H3/t13-/m1/s1. The molecular formula is C14H26N2Si. The molecule has 0 saturated heterocycles. The molecular weight excluding hydrogens is 224 g/mol. The van der Waals surface area contributed by atoms with E-state index in [9.17, 15) is 0 Å². The fourth-order valence-corrected chi connectivity index (χ4v) is 3.69. The van der Waals surface area contributed by atoms with E-state index in [0.29, 0.717) is 0 Å². The lowest BCUT2D eigenvalue weighted by Crippen LogP contribution is -2.44. The van der Waals surface area contributed by atoms with Crippen LogP contribution in [0.5, 0.6) is 0 Å². The Bertz CT molecular complexity index is 317. The molecule has 0 unspecified atom stereocenters. The van der Waals surface area contributed by atoms with Crippen LogP contribution >= 0.6 is 0 Å². The van der Waals surface area contributed by atoms with Gasteiger partial charge in [0, 0.05) is 19.1 Å². The molecule has 2 N–H and O–H groups in total. The number of nitrogens with two attached hydrogens (primary N) is 1. The van der Waals surface area contributed by atoms with Crippen LogP contribution in [0.3, 0.4) is 0 Å². The maximum Gasteiger partial charge on any atom is 0.0599 e. The smallest absolute Gasteiger partial charge is 0.0599 e. The zero-order valence-electron chi connectivity index (χ0n) is 11.6. The highest BCUT2D eigenvalue weighted by atomic mass is 28.3. The fourth-order valence-electron chi connectivity index (χ4n) is 2.10. The normalized spacial score (nSPS) is 14.0. The van der Waals surface area contributed by atoms with Crippen molar-refractivity contribution in [2.75, 3.05) is 12.7 Å². The lowest BCUT2D eigenvalue weighted by atomic mass is 10.2. The third kappa shape index (κ3) is 6.61. The van der Waals surface area contributed by atoms with Crippen LogP contribution in [0.4, 0.5) is 0 Å². The van der Waals surface area contributed by atoms with Crippen LogP contribution in [0.15, 0.2) is 30.3 Å². The van der Waals surface area contributed by atoms with Crippen LogP contribution in [0.1, 0.15) is 12.5 Å². The van der Waals surface area contributed by atoms with Crippen molar-refractivity contribution < 1.29 is 0 Å². The second kappa shape index (κ2) is 6.33. The van der Waals surface area contributed by atoms with Crippen molar-refractivity contribution in [2.45, 2.75) is 39.2 Å². The molecule has 17 heavy (non-hydrogen) atoms. The van der Waals surface area contributed by atoms with Gasteiger partial charge < -0.3 is 10.6 Å². The Balaban J connectivity index is 2.64. The third-order valence-electron chi connectivity index (χ3n) is 2.49. The lowest BCUT2D eigenvalue weighted by Gasteiger charge is -2.30. The van der Waals surface area contributed by atoms with E-state index in [1.54, 1.807) is 0 Å². The van der Waals surface area contributed by atoms with Crippen molar-refractivity contribution in [3.05, 3.63) is 35.9 Å². The highest BCUT2D eigenvalue weighted by Crippen LogP contribution is 2.10. The topological polar surface area (TPSA) is 29.3 Å². The Morgan fingerprint density at radius 2 is 1.76 bits per heavy atom. The zero-order valence-corrected chi connectivity index (χ0v) is 12.6. The highest BCUT2D eigenvalue weighted by molar-refractivity contribution is 6.76. The molecule has 0 radical (unpaired) electrons. The number of nitrogens with zero attached hydrogens (tertiary/aromatic N) is 1. The minimum absolute atomic E-state index is 0.245. The molecule has 0 heterocycles. The summed E-state index contributed by atoms with van der Waals surface area (Å²) in [5, 5.41) is 0. The van der Waals surface area contributed by atoms with Gasteiger partial charge in [0.2, 0.25) is 0 Å². The van der Waals surface area contributed by atoms with Crippen LogP contribution in [0.25, 0.3) is 0 Å². The molecule has 0 fully saturated rings. The van der Waals surface area contributed by atoms with Crippen molar-refractivity contribution in [3.8, 4) is 0 Å². The molecule has 0 aliphatic carbocycles. The Labute approximate surface area is 107 Å². The first-order valence-electron chi connectivity index (χ1n) is 6.39. The lowest BCUT2D eigenvalue weighted by molar-refractivity contribution is 0.289. The van der Waals surface area contributed by atoms with E-state index in [0.717, 1.165) is 13.1 Å². The Morgan fingerprint density at radius 3 is 2.24 bits per heavy atom. The summed E-state index contributed by atoms with van der Waals surface area (Å²) in [5.74, 6) is 0. The Morgan fingerprint density at radius 1 is 1.18 bits per heavy atom. The van der Waals surface area contributed by atoms with Crippen LogP contribution in [0.2, 0.25) is 19.6 Å². The second-order valence-corrected chi connectivity index (χ2v) is 11.6. The van der Waals surface area contributed by atoms with Gasteiger partial charge in [-0.2, -0.15) is 0 Å². The summed E-state index contributed by atoms with van der Waals surface area (Å²) in [7, 11) is -1.07. The van der Waals surface area contributed by atoms with Gasteiger partial charge in [-0.05, 0) is 18.7 Å². The van der Waals surface area contributed by atoms with Gasteiger partial charge in [-0.1, -0.05) is 50.0 Å². The maximum absolute atomic E-state index is 5.94. The molecule has 0 spiro atoms. The molecule has 96 valence electrons. The van der Waals surface area contributed by atoms with Gasteiger partial charge in [0.1, 0.15) is 0 Å². The number of benzene rings is 1. The third-order valence-corrected chi connectivity index (χ3v) is 3.89. The molecule has 1 atom stereocenters. The van der Waals surface area contributed by atoms with Gasteiger partial charge in [0.05, 0.1) is 8.07 Å². The van der Waals surface area contributed by atoms with E-state index in [-0.39, 0.29) is 6.04 Å². The molecule has 0 amide bonds. The summed E-state index contributed by atoms with van der Waals surface area (Å²) >= 11 is 0. The minimum Gasteiger partial charge on any atom is -0.327 e. The number of rotatable bonds is 6. The van der Waals surface area contributed by atoms with Crippen molar-refractivity contribution in [1.29, 1.82) is 0 Å². The molecule has 3 heteroatoms. The number of hydrogen-bond acceptors (Lipinski definition) is 2. The predicted octanol–water partition coefficient (Wildman–Crippen LogP) is 2.71. The van der Waals surface area contributed by atoms with E-state index in [4.69, 9.17) is 5.73 Å². The molecule has 2 nitrogen and oxygen atoms in total. The van der Waals surface area contributed by atoms with E-state index in [1.165, 1.54) is 11.7 Å². The second-order valence-electron chi connectivity index (χ2n) is 6.19. The van der Waals surface area contributed by atoms with Crippen LogP contribution < -0.4 is 5.73 Å². The Kier molecular flexibility index (Phi) is 5.37. The molecule has 1 aromatic carbocycles. The van der Waals surface area contributed by atoms with E-state index in [2.05, 4.69) is 61.8 Å². The van der Waals surface area contributed by atoms with Crippen molar-refractivity contribution in [2.24, 2.45) is 5.73 Å². The van der Waals surface area contributed by atoms with Gasteiger partial charge in [-0.3, -0.25) is 0 Å². The first kappa shape index (κ1) is 14.4. The first-order valence-corrected chi connectivity index (χ1v) is 10.1.